The normalized spacial score (nSPS) is 11.5. The lowest BCUT2D eigenvalue weighted by atomic mass is 9.83. The van der Waals surface area contributed by atoms with Crippen molar-refractivity contribution >= 4 is 17.4 Å². The number of carbonyl (C=O) groups is 1. The zero-order valence-electron chi connectivity index (χ0n) is 12.5. The second-order valence-electron chi connectivity index (χ2n) is 5.83. The average Bonchev–Trinajstić information content (AvgIpc) is 2.33. The number of carbonyl (C=O) groups excluding carboxylic acids is 1. The summed E-state index contributed by atoms with van der Waals surface area (Å²) in [6.07, 6.45) is 1.22. The van der Waals surface area contributed by atoms with Gasteiger partial charge in [0.05, 0.1) is 7.11 Å². The van der Waals surface area contributed by atoms with Crippen LogP contribution in [0.15, 0.2) is 12.1 Å². The summed E-state index contributed by atoms with van der Waals surface area (Å²) >= 11 is 5.65. The molecule has 0 fully saturated rings. The van der Waals surface area contributed by atoms with Crippen LogP contribution in [-0.2, 0) is 5.41 Å². The molecule has 19 heavy (non-hydrogen) atoms. The number of ether oxygens (including phenoxy) is 1. The molecular formula is C16H23ClO2. The van der Waals surface area contributed by atoms with E-state index < -0.39 is 0 Å². The summed E-state index contributed by atoms with van der Waals surface area (Å²) in [7, 11) is 1.67. The molecule has 0 atom stereocenters. The van der Waals surface area contributed by atoms with Crippen molar-refractivity contribution in [3.8, 4) is 5.75 Å². The number of Topliss-reactive ketones (excluding diaryl/α,β-unsaturated/α-hetero) is 1. The number of benzene rings is 1. The van der Waals surface area contributed by atoms with Gasteiger partial charge in [0.2, 0.25) is 0 Å². The highest BCUT2D eigenvalue weighted by Crippen LogP contribution is 2.34. The van der Waals surface area contributed by atoms with Crippen LogP contribution in [0, 0.1) is 6.92 Å². The molecule has 0 saturated heterocycles. The number of rotatable bonds is 5. The van der Waals surface area contributed by atoms with Crippen LogP contribution in [0.4, 0.5) is 0 Å². The molecule has 2 nitrogen and oxygen atoms in total. The van der Waals surface area contributed by atoms with E-state index in [4.69, 9.17) is 16.3 Å². The summed E-state index contributed by atoms with van der Waals surface area (Å²) in [5.74, 6) is 1.53. The molecule has 0 aliphatic carbocycles. The number of ketones is 1. The molecule has 3 heteroatoms. The lowest BCUT2D eigenvalue weighted by molar-refractivity contribution is 0.0981. The Labute approximate surface area is 121 Å². The summed E-state index contributed by atoms with van der Waals surface area (Å²) < 4.78 is 5.44. The van der Waals surface area contributed by atoms with Gasteiger partial charge in [0.25, 0.3) is 0 Å². The van der Waals surface area contributed by atoms with Gasteiger partial charge in [-0.1, -0.05) is 20.8 Å². The Bertz CT molecular complexity index is 459. The molecule has 1 aromatic rings. The van der Waals surface area contributed by atoms with Crippen molar-refractivity contribution in [1.82, 2.24) is 0 Å². The van der Waals surface area contributed by atoms with Gasteiger partial charge in [-0.05, 0) is 36.5 Å². The number of methoxy groups -OCH3 is 1. The van der Waals surface area contributed by atoms with E-state index in [1.54, 1.807) is 7.11 Å². The lowest BCUT2D eigenvalue weighted by Gasteiger charge is -2.23. The van der Waals surface area contributed by atoms with Gasteiger partial charge in [-0.25, -0.2) is 0 Å². The topological polar surface area (TPSA) is 26.3 Å². The molecule has 0 radical (unpaired) electrons. The molecule has 0 aromatic heterocycles. The Balaban J connectivity index is 3.24. The number of alkyl halides is 1. The molecule has 0 aliphatic heterocycles. The second kappa shape index (κ2) is 6.42. The van der Waals surface area contributed by atoms with E-state index in [1.807, 2.05) is 19.1 Å². The van der Waals surface area contributed by atoms with Crippen LogP contribution >= 0.6 is 11.6 Å². The van der Waals surface area contributed by atoms with E-state index in [2.05, 4.69) is 20.8 Å². The average molecular weight is 283 g/mol. The lowest BCUT2D eigenvalue weighted by Crippen LogP contribution is -2.15. The van der Waals surface area contributed by atoms with Gasteiger partial charge in [0, 0.05) is 23.4 Å². The van der Waals surface area contributed by atoms with Crippen molar-refractivity contribution in [1.29, 1.82) is 0 Å². The maximum Gasteiger partial charge on any atom is 0.163 e. The van der Waals surface area contributed by atoms with Crippen molar-refractivity contribution < 1.29 is 9.53 Å². The second-order valence-corrected chi connectivity index (χ2v) is 6.21. The van der Waals surface area contributed by atoms with Crippen LogP contribution in [0.1, 0.15) is 55.1 Å². The van der Waals surface area contributed by atoms with Crippen LogP contribution in [0.2, 0.25) is 0 Å². The highest BCUT2D eigenvalue weighted by molar-refractivity contribution is 6.18. The number of aryl methyl sites for hydroxylation is 1. The third kappa shape index (κ3) is 3.97. The summed E-state index contributed by atoms with van der Waals surface area (Å²) in [6.45, 7) is 8.30. The first kappa shape index (κ1) is 16.0. The quantitative estimate of drug-likeness (QED) is 0.587. The third-order valence-corrected chi connectivity index (χ3v) is 3.46. The Morgan fingerprint density at radius 3 is 2.42 bits per heavy atom. The molecule has 0 bridgehead atoms. The highest BCUT2D eigenvalue weighted by atomic mass is 35.5. The van der Waals surface area contributed by atoms with Gasteiger partial charge in [0.1, 0.15) is 5.75 Å². The fourth-order valence-electron chi connectivity index (χ4n) is 2.10. The fourth-order valence-corrected chi connectivity index (χ4v) is 2.23. The van der Waals surface area contributed by atoms with Gasteiger partial charge in [-0.15, -0.1) is 11.6 Å². The minimum absolute atomic E-state index is 0.0550. The van der Waals surface area contributed by atoms with Gasteiger partial charge in [-0.3, -0.25) is 4.79 Å². The molecule has 0 N–H and O–H groups in total. The number of halogens is 1. The van der Waals surface area contributed by atoms with Gasteiger partial charge in [-0.2, -0.15) is 0 Å². The zero-order valence-corrected chi connectivity index (χ0v) is 13.2. The Hall–Kier alpha value is -1.02. The summed E-state index contributed by atoms with van der Waals surface area (Å²) in [6, 6.07) is 3.93. The number of hydrogen-bond acceptors (Lipinski definition) is 2. The van der Waals surface area contributed by atoms with Crippen molar-refractivity contribution in [3.63, 3.8) is 0 Å². The van der Waals surface area contributed by atoms with E-state index >= 15 is 0 Å². The van der Waals surface area contributed by atoms with Crippen molar-refractivity contribution in [2.45, 2.75) is 46.0 Å². The monoisotopic (exact) mass is 282 g/mol. The maximum atomic E-state index is 12.2. The SMILES string of the molecule is COc1cc(C)c(C(=O)CCCCl)cc1C(C)(C)C. The van der Waals surface area contributed by atoms with Gasteiger partial charge in [0.15, 0.2) is 5.78 Å². The van der Waals surface area contributed by atoms with Gasteiger partial charge < -0.3 is 4.74 Å². The van der Waals surface area contributed by atoms with E-state index in [9.17, 15) is 4.79 Å². The van der Waals surface area contributed by atoms with Gasteiger partial charge >= 0.3 is 0 Å². The predicted octanol–water partition coefficient (Wildman–Crippen LogP) is 4.50. The molecule has 1 aromatic carbocycles. The molecule has 0 heterocycles. The first-order valence-electron chi connectivity index (χ1n) is 6.59. The molecule has 0 unspecified atom stereocenters. The standard InChI is InChI=1S/C16H23ClO2/c1-11-9-15(19-5)13(16(2,3)4)10-12(11)14(18)7-6-8-17/h9-10H,6-8H2,1-5H3. The van der Waals surface area contributed by atoms with Crippen LogP contribution in [0.25, 0.3) is 0 Å². The molecule has 0 aliphatic rings. The van der Waals surface area contributed by atoms with Crippen molar-refractivity contribution in [2.75, 3.05) is 13.0 Å². The van der Waals surface area contributed by atoms with E-state index in [0.717, 1.165) is 28.9 Å². The van der Waals surface area contributed by atoms with E-state index in [-0.39, 0.29) is 11.2 Å². The Morgan fingerprint density at radius 2 is 1.95 bits per heavy atom. The van der Waals surface area contributed by atoms with Crippen LogP contribution in [-0.4, -0.2) is 18.8 Å². The first-order valence-corrected chi connectivity index (χ1v) is 7.13. The fraction of sp³-hybridized carbons (Fsp3) is 0.562. The van der Waals surface area contributed by atoms with E-state index in [0.29, 0.717) is 12.3 Å². The highest BCUT2D eigenvalue weighted by Gasteiger charge is 2.22. The zero-order chi connectivity index (χ0) is 14.6. The molecule has 0 spiro atoms. The van der Waals surface area contributed by atoms with Crippen molar-refractivity contribution in [2.24, 2.45) is 0 Å². The first-order chi connectivity index (χ1) is 8.81. The molecule has 0 saturated carbocycles. The van der Waals surface area contributed by atoms with Crippen molar-refractivity contribution in [3.05, 3.63) is 28.8 Å². The molecule has 1 rings (SSSR count). The summed E-state index contributed by atoms with van der Waals surface area (Å²) in [5.41, 5.74) is 2.76. The Morgan fingerprint density at radius 1 is 1.32 bits per heavy atom. The smallest absolute Gasteiger partial charge is 0.163 e. The van der Waals surface area contributed by atoms with Crippen LogP contribution in [0.5, 0.6) is 5.75 Å². The van der Waals surface area contributed by atoms with Crippen LogP contribution < -0.4 is 4.74 Å². The summed E-state index contributed by atoms with van der Waals surface area (Å²) in [5, 5.41) is 0. The molecule has 0 amide bonds. The minimum Gasteiger partial charge on any atom is -0.496 e. The van der Waals surface area contributed by atoms with E-state index in [1.165, 1.54) is 0 Å². The van der Waals surface area contributed by atoms with Crippen LogP contribution in [0.3, 0.4) is 0 Å². The molecular weight excluding hydrogens is 260 g/mol. The predicted molar refractivity (Wildman–Crippen MR) is 80.7 cm³/mol. The largest absolute Gasteiger partial charge is 0.496 e. The Kier molecular flexibility index (Phi) is 5.42. The minimum atomic E-state index is -0.0550. The number of hydrogen-bond donors (Lipinski definition) is 0. The molecule has 106 valence electrons. The maximum absolute atomic E-state index is 12.2. The third-order valence-electron chi connectivity index (χ3n) is 3.19. The summed E-state index contributed by atoms with van der Waals surface area (Å²) in [4.78, 5) is 12.2.